The SMILES string of the molecule is CC(=S)N(C/C=C/c1ccccc1)Cc1ccccc1. The van der Waals surface area contributed by atoms with E-state index in [4.69, 9.17) is 12.2 Å². The number of nitrogens with zero attached hydrogens (tertiary/aromatic N) is 1. The van der Waals surface area contributed by atoms with E-state index in [9.17, 15) is 0 Å². The fourth-order valence-electron chi connectivity index (χ4n) is 1.99. The molecule has 2 heteroatoms. The van der Waals surface area contributed by atoms with Gasteiger partial charge < -0.3 is 4.90 Å². The number of thiocarbonyl (C=S) groups is 1. The maximum absolute atomic E-state index is 5.34. The van der Waals surface area contributed by atoms with Crippen molar-refractivity contribution in [2.24, 2.45) is 0 Å². The van der Waals surface area contributed by atoms with E-state index in [1.54, 1.807) is 0 Å². The largest absolute Gasteiger partial charge is 0.358 e. The van der Waals surface area contributed by atoms with E-state index in [0.717, 1.165) is 18.1 Å². The Morgan fingerprint density at radius 1 is 1.00 bits per heavy atom. The van der Waals surface area contributed by atoms with Gasteiger partial charge in [-0.15, -0.1) is 0 Å². The molecule has 102 valence electrons. The minimum absolute atomic E-state index is 0.832. The summed E-state index contributed by atoms with van der Waals surface area (Å²) >= 11 is 5.34. The second kappa shape index (κ2) is 7.61. The maximum atomic E-state index is 5.34. The van der Waals surface area contributed by atoms with Gasteiger partial charge in [-0.2, -0.15) is 0 Å². The van der Waals surface area contributed by atoms with Gasteiger partial charge >= 0.3 is 0 Å². The Labute approximate surface area is 126 Å². The Kier molecular flexibility index (Phi) is 5.51. The van der Waals surface area contributed by atoms with Gasteiger partial charge in [0, 0.05) is 13.1 Å². The lowest BCUT2D eigenvalue weighted by molar-refractivity contribution is 0.463. The van der Waals surface area contributed by atoms with Crippen LogP contribution in [-0.4, -0.2) is 16.4 Å². The van der Waals surface area contributed by atoms with E-state index in [1.807, 2.05) is 31.2 Å². The molecule has 0 aromatic heterocycles. The standard InChI is InChI=1S/C18H19NS/c1-16(20)19(15-18-11-6-3-7-12-18)14-8-13-17-9-4-2-5-10-17/h2-13H,14-15H2,1H3/b13-8+. The highest BCUT2D eigenvalue weighted by atomic mass is 32.1. The highest BCUT2D eigenvalue weighted by molar-refractivity contribution is 7.80. The van der Waals surface area contributed by atoms with Crippen LogP contribution in [-0.2, 0) is 6.54 Å². The molecule has 0 heterocycles. The van der Waals surface area contributed by atoms with Crippen molar-refractivity contribution >= 4 is 23.3 Å². The molecule has 0 unspecified atom stereocenters. The highest BCUT2D eigenvalue weighted by Gasteiger charge is 2.04. The van der Waals surface area contributed by atoms with Crippen molar-refractivity contribution in [3.8, 4) is 0 Å². The van der Waals surface area contributed by atoms with Gasteiger partial charge in [0.15, 0.2) is 0 Å². The van der Waals surface area contributed by atoms with E-state index >= 15 is 0 Å². The van der Waals surface area contributed by atoms with E-state index < -0.39 is 0 Å². The van der Waals surface area contributed by atoms with Crippen molar-refractivity contribution in [1.29, 1.82) is 0 Å². The van der Waals surface area contributed by atoms with Crippen molar-refractivity contribution < 1.29 is 0 Å². The van der Waals surface area contributed by atoms with Gasteiger partial charge in [-0.1, -0.05) is 85.0 Å². The van der Waals surface area contributed by atoms with Crippen molar-refractivity contribution in [2.45, 2.75) is 13.5 Å². The molecule has 0 atom stereocenters. The zero-order valence-corrected chi connectivity index (χ0v) is 12.5. The third-order valence-electron chi connectivity index (χ3n) is 3.10. The summed E-state index contributed by atoms with van der Waals surface area (Å²) in [5.74, 6) is 0. The quantitative estimate of drug-likeness (QED) is 0.740. The van der Waals surface area contributed by atoms with Crippen LogP contribution in [0.2, 0.25) is 0 Å². The summed E-state index contributed by atoms with van der Waals surface area (Å²) in [5, 5.41) is 0. The van der Waals surface area contributed by atoms with Crippen molar-refractivity contribution in [1.82, 2.24) is 4.90 Å². The third kappa shape index (κ3) is 4.63. The monoisotopic (exact) mass is 281 g/mol. The minimum Gasteiger partial charge on any atom is -0.358 e. The number of rotatable bonds is 5. The molecule has 0 N–H and O–H groups in total. The predicted molar refractivity (Wildman–Crippen MR) is 90.6 cm³/mol. The van der Waals surface area contributed by atoms with Crippen LogP contribution < -0.4 is 0 Å². The van der Waals surface area contributed by atoms with Crippen LogP contribution in [0.15, 0.2) is 66.7 Å². The molecule has 0 aliphatic carbocycles. The summed E-state index contributed by atoms with van der Waals surface area (Å²) < 4.78 is 0. The van der Waals surface area contributed by atoms with Gasteiger partial charge in [-0.05, 0) is 18.1 Å². The molecule has 0 bridgehead atoms. The molecule has 2 rings (SSSR count). The van der Waals surface area contributed by atoms with Crippen LogP contribution in [0.5, 0.6) is 0 Å². The molecular formula is C18H19NS. The second-order valence-electron chi connectivity index (χ2n) is 4.70. The summed E-state index contributed by atoms with van der Waals surface area (Å²) in [5.41, 5.74) is 2.50. The van der Waals surface area contributed by atoms with Gasteiger partial charge in [-0.3, -0.25) is 0 Å². The van der Waals surface area contributed by atoms with E-state index in [0.29, 0.717) is 0 Å². The summed E-state index contributed by atoms with van der Waals surface area (Å²) in [7, 11) is 0. The lowest BCUT2D eigenvalue weighted by Gasteiger charge is -2.21. The first-order valence-corrected chi connectivity index (χ1v) is 7.17. The highest BCUT2D eigenvalue weighted by Crippen LogP contribution is 2.07. The van der Waals surface area contributed by atoms with Crippen molar-refractivity contribution in [2.75, 3.05) is 6.54 Å². The van der Waals surface area contributed by atoms with Gasteiger partial charge in [0.25, 0.3) is 0 Å². The topological polar surface area (TPSA) is 3.24 Å². The zero-order valence-electron chi connectivity index (χ0n) is 11.7. The van der Waals surface area contributed by atoms with E-state index in [-0.39, 0.29) is 0 Å². The molecule has 2 aromatic carbocycles. The zero-order chi connectivity index (χ0) is 14.2. The summed E-state index contributed by atoms with van der Waals surface area (Å²) in [6, 6.07) is 20.7. The lowest BCUT2D eigenvalue weighted by Crippen LogP contribution is -2.26. The van der Waals surface area contributed by atoms with Crippen LogP contribution in [0.3, 0.4) is 0 Å². The molecule has 0 aliphatic heterocycles. The molecule has 0 fully saturated rings. The molecule has 0 saturated carbocycles. The molecular weight excluding hydrogens is 262 g/mol. The molecule has 0 spiro atoms. The molecule has 0 radical (unpaired) electrons. The maximum Gasteiger partial charge on any atom is 0.0753 e. The Morgan fingerprint density at radius 2 is 1.60 bits per heavy atom. The van der Waals surface area contributed by atoms with E-state index in [1.165, 1.54) is 11.1 Å². The number of hydrogen-bond donors (Lipinski definition) is 0. The van der Waals surface area contributed by atoms with Gasteiger partial charge in [-0.25, -0.2) is 0 Å². The predicted octanol–water partition coefficient (Wildman–Crippen LogP) is 4.55. The van der Waals surface area contributed by atoms with Gasteiger partial charge in [0.05, 0.1) is 4.99 Å². The summed E-state index contributed by atoms with van der Waals surface area (Å²) in [6.07, 6.45) is 4.30. The third-order valence-corrected chi connectivity index (χ3v) is 3.36. The van der Waals surface area contributed by atoms with Crippen LogP contribution in [0.25, 0.3) is 6.08 Å². The first kappa shape index (κ1) is 14.5. The van der Waals surface area contributed by atoms with Crippen molar-refractivity contribution in [3.63, 3.8) is 0 Å². The average Bonchev–Trinajstić information content (AvgIpc) is 2.48. The lowest BCUT2D eigenvalue weighted by atomic mass is 10.2. The van der Waals surface area contributed by atoms with Crippen molar-refractivity contribution in [3.05, 3.63) is 77.9 Å². The Bertz CT molecular complexity index is 560. The molecule has 2 aromatic rings. The summed E-state index contributed by atoms with van der Waals surface area (Å²) in [6.45, 7) is 3.67. The summed E-state index contributed by atoms with van der Waals surface area (Å²) in [4.78, 5) is 3.12. The molecule has 20 heavy (non-hydrogen) atoms. The van der Waals surface area contributed by atoms with Crippen LogP contribution in [0.4, 0.5) is 0 Å². The molecule has 1 nitrogen and oxygen atoms in total. The van der Waals surface area contributed by atoms with Crippen LogP contribution in [0, 0.1) is 0 Å². The van der Waals surface area contributed by atoms with Crippen LogP contribution >= 0.6 is 12.2 Å². The molecule has 0 amide bonds. The number of benzene rings is 2. The minimum atomic E-state index is 0.832. The smallest absolute Gasteiger partial charge is 0.0753 e. The Hall–Kier alpha value is -1.93. The average molecular weight is 281 g/mol. The fourth-order valence-corrected chi connectivity index (χ4v) is 2.13. The van der Waals surface area contributed by atoms with E-state index in [2.05, 4.69) is 53.5 Å². The molecule has 0 aliphatic rings. The number of hydrogen-bond acceptors (Lipinski definition) is 1. The Balaban J connectivity index is 1.96. The van der Waals surface area contributed by atoms with Crippen LogP contribution in [0.1, 0.15) is 18.1 Å². The first-order chi connectivity index (χ1) is 9.75. The Morgan fingerprint density at radius 3 is 2.20 bits per heavy atom. The fraction of sp³-hybridized carbons (Fsp3) is 0.167. The second-order valence-corrected chi connectivity index (χ2v) is 5.29. The molecule has 0 saturated heterocycles. The van der Waals surface area contributed by atoms with Gasteiger partial charge in [0.2, 0.25) is 0 Å². The first-order valence-electron chi connectivity index (χ1n) is 6.77. The van der Waals surface area contributed by atoms with Gasteiger partial charge in [0.1, 0.15) is 0 Å². The normalized spacial score (nSPS) is 10.7.